The first-order valence-corrected chi connectivity index (χ1v) is 10.8. The molecule has 4 rings (SSSR count). The molecule has 34 heavy (non-hydrogen) atoms. The van der Waals surface area contributed by atoms with Gasteiger partial charge in [-0.25, -0.2) is 9.50 Å². The van der Waals surface area contributed by atoms with E-state index >= 15 is 0 Å². The van der Waals surface area contributed by atoms with Gasteiger partial charge in [0.25, 0.3) is 0 Å². The zero-order valence-corrected chi connectivity index (χ0v) is 19.7. The molecule has 0 spiro atoms. The molecular formula is C22H28ClF3N6O2. The molecule has 3 N–H and O–H groups in total. The number of nitrogens with zero attached hydrogens (tertiary/aromatic N) is 3. The number of imidazole rings is 1. The number of morpholine rings is 1. The van der Waals surface area contributed by atoms with Crippen LogP contribution in [0.3, 0.4) is 0 Å². The lowest BCUT2D eigenvalue weighted by Gasteiger charge is -2.24. The third-order valence-electron chi connectivity index (χ3n) is 5.27. The first-order chi connectivity index (χ1) is 15.8. The van der Waals surface area contributed by atoms with E-state index in [9.17, 15) is 13.2 Å². The molecule has 3 aromatic rings. The van der Waals surface area contributed by atoms with E-state index in [1.54, 1.807) is 28.9 Å². The monoisotopic (exact) mass is 500 g/mol. The Morgan fingerprint density at radius 2 is 2.06 bits per heavy atom. The van der Waals surface area contributed by atoms with Crippen LogP contribution in [-0.2, 0) is 11.3 Å². The predicted octanol–water partition coefficient (Wildman–Crippen LogP) is 4.19. The molecule has 1 aliphatic heterocycles. The maximum absolute atomic E-state index is 12.8. The van der Waals surface area contributed by atoms with Crippen LogP contribution in [0, 0.1) is 0 Å². The maximum atomic E-state index is 12.8. The first-order valence-electron chi connectivity index (χ1n) is 10.8. The summed E-state index contributed by atoms with van der Waals surface area (Å²) in [6, 6.07) is 7.85. The van der Waals surface area contributed by atoms with E-state index in [2.05, 4.69) is 30.8 Å². The standard InChI is InChI=1S/C22H27F3N6O2.ClH/c1-14(2)18-13-29-21-17(27-10-15-5-3-4-6-19(15)33-22(23,24)25)9-20(30-31(18)21)28-12-16-11-26-7-8-32-16;/h3-6,9,13-14,16,26-27H,7-8,10-12H2,1-2H3,(H,28,30);1H/t16-;/m0./s1. The topological polar surface area (TPSA) is 84.7 Å². The number of nitrogens with one attached hydrogen (secondary N) is 3. The number of aromatic nitrogens is 3. The summed E-state index contributed by atoms with van der Waals surface area (Å²) >= 11 is 0. The number of hydrogen-bond donors (Lipinski definition) is 3. The normalized spacial score (nSPS) is 16.4. The molecule has 1 aliphatic rings. The van der Waals surface area contributed by atoms with Gasteiger partial charge in [-0.05, 0) is 12.0 Å². The third-order valence-corrected chi connectivity index (χ3v) is 5.27. The molecule has 8 nitrogen and oxygen atoms in total. The highest BCUT2D eigenvalue weighted by atomic mass is 35.5. The number of fused-ring (bicyclic) bond motifs is 1. The number of halogens is 4. The fourth-order valence-corrected chi connectivity index (χ4v) is 3.63. The van der Waals surface area contributed by atoms with Gasteiger partial charge in [-0.2, -0.15) is 0 Å². The molecule has 0 aliphatic carbocycles. The van der Waals surface area contributed by atoms with Gasteiger partial charge in [0.15, 0.2) is 5.65 Å². The van der Waals surface area contributed by atoms with E-state index in [1.807, 2.05) is 13.8 Å². The fourth-order valence-electron chi connectivity index (χ4n) is 3.63. The van der Waals surface area contributed by atoms with Crippen LogP contribution in [0.5, 0.6) is 5.75 Å². The molecule has 186 valence electrons. The Bertz CT molecular complexity index is 1090. The molecule has 1 saturated heterocycles. The maximum Gasteiger partial charge on any atom is 0.573 e. The summed E-state index contributed by atoms with van der Waals surface area (Å²) in [6.07, 6.45) is -2.98. The van der Waals surface area contributed by atoms with Crippen molar-refractivity contribution in [1.82, 2.24) is 19.9 Å². The number of para-hydroxylation sites is 1. The van der Waals surface area contributed by atoms with Crippen LogP contribution in [0.15, 0.2) is 36.5 Å². The molecule has 0 bridgehead atoms. The molecule has 2 aromatic heterocycles. The van der Waals surface area contributed by atoms with Gasteiger partial charge >= 0.3 is 6.36 Å². The molecule has 0 radical (unpaired) electrons. The highest BCUT2D eigenvalue weighted by Gasteiger charge is 2.32. The van der Waals surface area contributed by atoms with Crippen molar-refractivity contribution in [2.45, 2.75) is 38.8 Å². The van der Waals surface area contributed by atoms with Gasteiger partial charge in [-0.1, -0.05) is 32.0 Å². The van der Waals surface area contributed by atoms with E-state index < -0.39 is 6.36 Å². The number of ether oxygens (including phenoxy) is 2. The Balaban J connectivity index is 0.00000324. The van der Waals surface area contributed by atoms with Crippen LogP contribution in [0.25, 0.3) is 5.65 Å². The van der Waals surface area contributed by atoms with E-state index in [-0.39, 0.29) is 36.7 Å². The van der Waals surface area contributed by atoms with Crippen molar-refractivity contribution < 1.29 is 22.6 Å². The largest absolute Gasteiger partial charge is 0.573 e. The minimum Gasteiger partial charge on any atom is -0.405 e. The Kier molecular flexibility index (Phi) is 8.45. The molecule has 1 atom stereocenters. The van der Waals surface area contributed by atoms with Gasteiger partial charge < -0.3 is 25.4 Å². The van der Waals surface area contributed by atoms with Crippen LogP contribution < -0.4 is 20.7 Å². The van der Waals surface area contributed by atoms with E-state index in [4.69, 9.17) is 4.74 Å². The Morgan fingerprint density at radius 1 is 1.26 bits per heavy atom. The van der Waals surface area contributed by atoms with Crippen molar-refractivity contribution in [3.63, 3.8) is 0 Å². The number of hydrogen-bond acceptors (Lipinski definition) is 7. The number of rotatable bonds is 8. The van der Waals surface area contributed by atoms with Crippen LogP contribution >= 0.6 is 12.4 Å². The van der Waals surface area contributed by atoms with Crippen molar-refractivity contribution in [2.75, 3.05) is 36.9 Å². The average molecular weight is 501 g/mol. The average Bonchev–Trinajstić information content (AvgIpc) is 3.21. The van der Waals surface area contributed by atoms with Crippen molar-refractivity contribution in [3.05, 3.63) is 47.8 Å². The molecule has 1 fully saturated rings. The minimum absolute atomic E-state index is 0. The van der Waals surface area contributed by atoms with Gasteiger partial charge in [0.2, 0.25) is 0 Å². The number of benzene rings is 1. The van der Waals surface area contributed by atoms with E-state index in [0.717, 1.165) is 18.8 Å². The van der Waals surface area contributed by atoms with Crippen LogP contribution in [0.4, 0.5) is 24.7 Å². The molecule has 3 heterocycles. The second kappa shape index (κ2) is 11.1. The molecule has 0 unspecified atom stereocenters. The Morgan fingerprint density at radius 3 is 2.76 bits per heavy atom. The molecular weight excluding hydrogens is 473 g/mol. The van der Waals surface area contributed by atoms with Gasteiger partial charge in [0, 0.05) is 37.8 Å². The first kappa shape index (κ1) is 25.9. The van der Waals surface area contributed by atoms with Crippen molar-refractivity contribution in [1.29, 1.82) is 0 Å². The summed E-state index contributed by atoms with van der Waals surface area (Å²) < 4.78 is 50.0. The van der Waals surface area contributed by atoms with Crippen LogP contribution in [0.1, 0.15) is 31.0 Å². The SMILES string of the molecule is CC(C)c1cnc2c(NCc3ccccc3OC(F)(F)F)cc(NC[C@@H]3CNCCO3)nn12.Cl. The molecule has 0 saturated carbocycles. The summed E-state index contributed by atoms with van der Waals surface area (Å²) in [4.78, 5) is 4.49. The number of alkyl halides is 3. The zero-order valence-electron chi connectivity index (χ0n) is 18.9. The summed E-state index contributed by atoms with van der Waals surface area (Å²) in [7, 11) is 0. The summed E-state index contributed by atoms with van der Waals surface area (Å²) in [5, 5.41) is 14.5. The summed E-state index contributed by atoms with van der Waals surface area (Å²) in [5.41, 5.74) is 2.53. The summed E-state index contributed by atoms with van der Waals surface area (Å²) in [6.45, 7) is 7.02. The van der Waals surface area contributed by atoms with Gasteiger partial charge in [0.05, 0.1) is 30.3 Å². The van der Waals surface area contributed by atoms with Crippen molar-refractivity contribution >= 4 is 29.6 Å². The fraction of sp³-hybridized carbons (Fsp3) is 0.455. The lowest BCUT2D eigenvalue weighted by atomic mass is 10.1. The molecule has 0 amide bonds. The lowest BCUT2D eigenvalue weighted by Crippen LogP contribution is -2.42. The minimum atomic E-state index is -4.76. The highest BCUT2D eigenvalue weighted by molar-refractivity contribution is 5.85. The van der Waals surface area contributed by atoms with Gasteiger partial charge in [0.1, 0.15) is 11.6 Å². The van der Waals surface area contributed by atoms with Crippen LogP contribution in [-0.4, -0.2) is 53.3 Å². The van der Waals surface area contributed by atoms with E-state index in [1.165, 1.54) is 12.1 Å². The smallest absolute Gasteiger partial charge is 0.405 e. The quantitative estimate of drug-likeness (QED) is 0.428. The second-order valence-electron chi connectivity index (χ2n) is 8.10. The highest BCUT2D eigenvalue weighted by Crippen LogP contribution is 2.28. The lowest BCUT2D eigenvalue weighted by molar-refractivity contribution is -0.274. The zero-order chi connectivity index (χ0) is 23.4. The van der Waals surface area contributed by atoms with Gasteiger partial charge in [-0.15, -0.1) is 30.7 Å². The van der Waals surface area contributed by atoms with Crippen LogP contribution in [0.2, 0.25) is 0 Å². The Labute approximate surface area is 201 Å². The predicted molar refractivity (Wildman–Crippen MR) is 126 cm³/mol. The summed E-state index contributed by atoms with van der Waals surface area (Å²) in [5.74, 6) is 0.551. The van der Waals surface area contributed by atoms with E-state index in [0.29, 0.717) is 35.9 Å². The number of anilines is 2. The molecule has 12 heteroatoms. The Hall–Kier alpha value is -2.76. The van der Waals surface area contributed by atoms with Crippen molar-refractivity contribution in [2.24, 2.45) is 0 Å². The third kappa shape index (κ3) is 6.43. The molecule has 1 aromatic carbocycles. The van der Waals surface area contributed by atoms with Gasteiger partial charge in [-0.3, -0.25) is 0 Å². The van der Waals surface area contributed by atoms with Crippen molar-refractivity contribution in [3.8, 4) is 5.75 Å². The second-order valence-corrected chi connectivity index (χ2v) is 8.10.